The van der Waals surface area contributed by atoms with Crippen molar-refractivity contribution in [1.82, 2.24) is 0 Å². The minimum atomic E-state index is -1.76. The third kappa shape index (κ3) is 8.89. The van der Waals surface area contributed by atoms with Crippen molar-refractivity contribution in [3.8, 4) is 0 Å². The maximum atomic E-state index is 11.7. The molecule has 0 amide bonds. The molecule has 0 aromatic heterocycles. The Bertz CT molecular complexity index is 1690. The van der Waals surface area contributed by atoms with E-state index in [9.17, 15) is 66.4 Å². The zero-order valence-corrected chi connectivity index (χ0v) is 39.6. The van der Waals surface area contributed by atoms with Crippen LogP contribution in [0, 0.1) is 45.3 Å². The third-order valence-corrected chi connectivity index (χ3v) is 18.4. The summed E-state index contributed by atoms with van der Waals surface area (Å²) < 4.78 is 35.7. The summed E-state index contributed by atoms with van der Waals surface area (Å²) in [7, 11) is 0. The van der Waals surface area contributed by atoms with E-state index < -0.39 is 141 Å². The molecule has 19 nitrogen and oxygen atoms in total. The first-order valence-corrected chi connectivity index (χ1v) is 24.0. The molecule has 4 aliphatic carbocycles. The van der Waals surface area contributed by atoms with Crippen LogP contribution in [0.15, 0.2) is 11.6 Å². The number of hydrogen-bond donors (Lipinski definition) is 13. The van der Waals surface area contributed by atoms with Crippen LogP contribution in [0.5, 0.6) is 0 Å². The van der Waals surface area contributed by atoms with E-state index in [4.69, 9.17) is 28.4 Å². The Labute approximate surface area is 387 Å². The molecule has 0 bridgehead atoms. The van der Waals surface area contributed by atoms with E-state index in [1.165, 1.54) is 19.4 Å². The molecule has 3 aliphatic heterocycles. The number of ether oxygens (including phenoxy) is 6. The maximum absolute atomic E-state index is 11.7. The van der Waals surface area contributed by atoms with Crippen molar-refractivity contribution >= 4 is 0 Å². The minimum Gasteiger partial charge on any atom is -0.394 e. The van der Waals surface area contributed by atoms with Crippen LogP contribution >= 0.6 is 0 Å². The molecule has 0 unspecified atom stereocenters. The monoisotopic (exact) mass is 949 g/mol. The Balaban J connectivity index is 1.08. The first kappa shape index (κ1) is 52.8. The molecular weight excluding hydrogens is 868 g/mol. The van der Waals surface area contributed by atoms with Gasteiger partial charge in [-0.25, -0.2) is 0 Å². The van der Waals surface area contributed by atoms with Crippen molar-refractivity contribution in [3.05, 3.63) is 11.6 Å². The molecule has 0 aromatic rings. The second-order valence-corrected chi connectivity index (χ2v) is 22.8. The summed E-state index contributed by atoms with van der Waals surface area (Å²) in [6, 6.07) is 0. The van der Waals surface area contributed by atoms with E-state index in [2.05, 4.69) is 40.7 Å². The fourth-order valence-electron chi connectivity index (χ4n) is 13.9. The highest BCUT2D eigenvalue weighted by Gasteiger charge is 2.68. The molecule has 0 spiro atoms. The molecule has 3 saturated heterocycles. The van der Waals surface area contributed by atoms with E-state index in [0.717, 1.165) is 38.5 Å². The fourth-order valence-corrected chi connectivity index (χ4v) is 13.9. The molecule has 13 N–H and O–H groups in total. The SMILES string of the molecule is C[C@@H]([C@H](O)[C@H](O)[C@@H](O)C(C)(C)O)[C@H]1CC[C@]2(C)[C@@H]3CC=C4[C@H](CC[C@H](O[C@@H]5O[C@H](CO[C@@H]6O[C@H](CO)[C@@H](O)[C@H](O)[C@@H]6O)[C@@H](O[C@@H]6OC[C@@H](O)[C@H](O)[C@@H]6O)[C@H](O)[C@@H]5O)C4(C)C)[C@]3(C)CC[C@]12C. The normalized spacial score (nSPS) is 50.3. The quantitative estimate of drug-likeness (QED) is 0.0940. The second kappa shape index (κ2) is 19.2. The molecule has 7 aliphatic rings. The zero-order chi connectivity index (χ0) is 48.8. The van der Waals surface area contributed by atoms with Crippen LogP contribution < -0.4 is 0 Å². The molecule has 3 saturated carbocycles. The highest BCUT2D eigenvalue weighted by molar-refractivity contribution is 5.30. The number of allylic oxidation sites excluding steroid dienone is 1. The molecule has 382 valence electrons. The summed E-state index contributed by atoms with van der Waals surface area (Å²) in [5, 5.41) is 139. The lowest BCUT2D eigenvalue weighted by Crippen LogP contribution is -2.65. The van der Waals surface area contributed by atoms with Gasteiger partial charge in [0, 0.05) is 5.41 Å². The average Bonchev–Trinajstić information content (AvgIpc) is 3.54. The van der Waals surface area contributed by atoms with Gasteiger partial charge < -0.3 is 94.8 Å². The van der Waals surface area contributed by atoms with Gasteiger partial charge in [0.15, 0.2) is 18.9 Å². The van der Waals surface area contributed by atoms with Crippen molar-refractivity contribution in [2.45, 2.75) is 216 Å². The Morgan fingerprint density at radius 1 is 0.712 bits per heavy atom. The van der Waals surface area contributed by atoms with E-state index in [0.29, 0.717) is 12.3 Å². The van der Waals surface area contributed by atoms with Gasteiger partial charge in [-0.2, -0.15) is 0 Å². The molecule has 0 aromatic carbocycles. The van der Waals surface area contributed by atoms with Gasteiger partial charge in [-0.05, 0) is 98.7 Å². The van der Waals surface area contributed by atoms with Crippen LogP contribution in [0.2, 0.25) is 0 Å². The van der Waals surface area contributed by atoms with Gasteiger partial charge in [0.25, 0.3) is 0 Å². The number of aliphatic hydroxyl groups is 13. The molecule has 7 rings (SSSR count). The number of aliphatic hydroxyl groups excluding tert-OH is 12. The van der Waals surface area contributed by atoms with Crippen LogP contribution in [-0.4, -0.2) is 202 Å². The van der Waals surface area contributed by atoms with Gasteiger partial charge in [-0.1, -0.05) is 53.2 Å². The van der Waals surface area contributed by atoms with Crippen molar-refractivity contribution in [1.29, 1.82) is 0 Å². The van der Waals surface area contributed by atoms with Crippen LogP contribution in [0.4, 0.5) is 0 Å². The van der Waals surface area contributed by atoms with E-state index >= 15 is 0 Å². The lowest BCUT2D eigenvalue weighted by atomic mass is 9.39. The van der Waals surface area contributed by atoms with Crippen LogP contribution in [0.3, 0.4) is 0 Å². The molecule has 0 radical (unpaired) electrons. The average molecular weight is 949 g/mol. The van der Waals surface area contributed by atoms with Gasteiger partial charge >= 0.3 is 0 Å². The standard InChI is InChI=1S/C47H80O19/c1-20(29(50)34(55)39(59)44(4,5)60)21-13-14-47(8)27-11-9-22-23(45(27,6)15-16-46(21,47)7)10-12-28(43(22,2)3)65-42-37(58)33(54)38(66-41-35(56)30(51)24(49)18-61-41)26(64-42)19-62-40-36(57)32(53)31(52)25(17-48)63-40/h9,20-21,23-42,48-60H,10-19H2,1-8H3/t20-,21-,23+,24-,25-,26-,27-,28+,29+,30+,31-,32+,33-,34+,35+,36+,37+,38-,39-,40-,41+,42+,45+,46-,47-/m1/s1. The van der Waals surface area contributed by atoms with Gasteiger partial charge in [0.2, 0.25) is 0 Å². The van der Waals surface area contributed by atoms with Gasteiger partial charge in [0.05, 0.1) is 37.6 Å². The summed E-state index contributed by atoms with van der Waals surface area (Å²) in [6.07, 6.45) is -18.8. The zero-order valence-electron chi connectivity index (χ0n) is 39.6. The molecule has 25 atom stereocenters. The summed E-state index contributed by atoms with van der Waals surface area (Å²) in [5.41, 5.74) is -1.27. The van der Waals surface area contributed by atoms with Crippen molar-refractivity contribution in [2.24, 2.45) is 45.3 Å². The molecular formula is C47H80O19. The summed E-state index contributed by atoms with van der Waals surface area (Å²) >= 11 is 0. The van der Waals surface area contributed by atoms with Crippen LogP contribution in [0.25, 0.3) is 0 Å². The molecule has 19 heteroatoms. The largest absolute Gasteiger partial charge is 0.394 e. The maximum Gasteiger partial charge on any atom is 0.187 e. The van der Waals surface area contributed by atoms with E-state index in [1.807, 2.05) is 6.92 Å². The van der Waals surface area contributed by atoms with Gasteiger partial charge in [0.1, 0.15) is 79.4 Å². The van der Waals surface area contributed by atoms with Crippen molar-refractivity contribution in [3.63, 3.8) is 0 Å². The van der Waals surface area contributed by atoms with Gasteiger partial charge in [-0.15, -0.1) is 0 Å². The summed E-state index contributed by atoms with van der Waals surface area (Å²) in [6.45, 7) is 14.5. The lowest BCUT2D eigenvalue weighted by Gasteiger charge is -2.66. The molecule has 6 fully saturated rings. The lowest BCUT2D eigenvalue weighted by molar-refractivity contribution is -0.366. The number of rotatable bonds is 13. The predicted octanol–water partition coefficient (Wildman–Crippen LogP) is -1.45. The molecule has 3 heterocycles. The summed E-state index contributed by atoms with van der Waals surface area (Å²) in [4.78, 5) is 0. The van der Waals surface area contributed by atoms with E-state index in [1.54, 1.807) is 0 Å². The summed E-state index contributed by atoms with van der Waals surface area (Å²) in [5.74, 6) is 0.252. The van der Waals surface area contributed by atoms with E-state index in [-0.39, 0.29) is 34.0 Å². The van der Waals surface area contributed by atoms with Crippen LogP contribution in [0.1, 0.15) is 100 Å². The Morgan fingerprint density at radius 3 is 2.00 bits per heavy atom. The first-order chi connectivity index (χ1) is 30.6. The van der Waals surface area contributed by atoms with Crippen LogP contribution in [-0.2, 0) is 28.4 Å². The first-order valence-electron chi connectivity index (χ1n) is 24.0. The highest BCUT2D eigenvalue weighted by atomic mass is 16.8. The van der Waals surface area contributed by atoms with Crippen molar-refractivity contribution < 1.29 is 94.8 Å². The third-order valence-electron chi connectivity index (χ3n) is 18.4. The van der Waals surface area contributed by atoms with Gasteiger partial charge in [-0.3, -0.25) is 0 Å². The number of hydrogen-bond acceptors (Lipinski definition) is 19. The van der Waals surface area contributed by atoms with Crippen molar-refractivity contribution in [2.75, 3.05) is 19.8 Å². The Kier molecular flexibility index (Phi) is 15.4. The topological polar surface area (TPSA) is 318 Å². The number of fused-ring (bicyclic) bond motifs is 5. The smallest absolute Gasteiger partial charge is 0.187 e. The molecule has 66 heavy (non-hydrogen) atoms. The Hall–Kier alpha value is -1.02. The minimum absolute atomic E-state index is 0.0742. The Morgan fingerprint density at radius 2 is 1.35 bits per heavy atom. The highest BCUT2D eigenvalue weighted by Crippen LogP contribution is 2.75. The predicted molar refractivity (Wildman–Crippen MR) is 230 cm³/mol. The fraction of sp³-hybridized carbons (Fsp3) is 0.957. The second-order valence-electron chi connectivity index (χ2n) is 22.8.